The molecular weight excluding hydrogens is 208 g/mol. The Labute approximate surface area is 104 Å². The molecule has 1 fully saturated rings. The summed E-state index contributed by atoms with van der Waals surface area (Å²) in [6.07, 6.45) is 2.62. The summed E-state index contributed by atoms with van der Waals surface area (Å²) in [5.41, 5.74) is 2.97. The Morgan fingerprint density at radius 3 is 3.00 bits per heavy atom. The Morgan fingerprint density at radius 1 is 1.35 bits per heavy atom. The zero-order chi connectivity index (χ0) is 11.7. The molecular formula is C15H22N2. The molecule has 0 aromatic heterocycles. The zero-order valence-corrected chi connectivity index (χ0v) is 10.6. The van der Waals surface area contributed by atoms with Gasteiger partial charge < -0.3 is 10.6 Å². The van der Waals surface area contributed by atoms with E-state index >= 15 is 0 Å². The molecule has 2 aliphatic rings. The van der Waals surface area contributed by atoms with Gasteiger partial charge in [-0.1, -0.05) is 31.2 Å². The average Bonchev–Trinajstić information content (AvgIpc) is 3.08. The topological polar surface area (TPSA) is 24.1 Å². The third kappa shape index (κ3) is 2.53. The minimum atomic E-state index is 0.550. The van der Waals surface area contributed by atoms with Crippen LogP contribution < -0.4 is 10.6 Å². The SMILES string of the molecule is CC1CC1CNC1CCNCc2ccccc21. The van der Waals surface area contributed by atoms with Crippen molar-refractivity contribution in [3.8, 4) is 0 Å². The predicted molar refractivity (Wildman–Crippen MR) is 70.8 cm³/mol. The van der Waals surface area contributed by atoms with Crippen LogP contribution in [0.1, 0.15) is 36.9 Å². The number of hydrogen-bond acceptors (Lipinski definition) is 2. The van der Waals surface area contributed by atoms with Crippen LogP contribution in [0.25, 0.3) is 0 Å². The summed E-state index contributed by atoms with van der Waals surface area (Å²) in [5, 5.41) is 7.28. The highest BCUT2D eigenvalue weighted by Gasteiger charge is 2.32. The van der Waals surface area contributed by atoms with Gasteiger partial charge in [0.1, 0.15) is 0 Å². The first kappa shape index (κ1) is 11.2. The van der Waals surface area contributed by atoms with Crippen LogP contribution in [0, 0.1) is 11.8 Å². The van der Waals surface area contributed by atoms with Gasteiger partial charge in [-0.3, -0.25) is 0 Å². The Kier molecular flexibility index (Phi) is 3.17. The van der Waals surface area contributed by atoms with Crippen LogP contribution >= 0.6 is 0 Å². The fourth-order valence-electron chi connectivity index (χ4n) is 2.85. The molecule has 0 saturated heterocycles. The van der Waals surface area contributed by atoms with Crippen molar-refractivity contribution in [1.29, 1.82) is 0 Å². The molecule has 2 N–H and O–H groups in total. The maximum atomic E-state index is 3.77. The van der Waals surface area contributed by atoms with E-state index in [1.54, 1.807) is 0 Å². The highest BCUT2D eigenvalue weighted by molar-refractivity contribution is 5.31. The van der Waals surface area contributed by atoms with Crippen LogP contribution in [-0.4, -0.2) is 13.1 Å². The first-order valence-electron chi connectivity index (χ1n) is 6.86. The summed E-state index contributed by atoms with van der Waals surface area (Å²) in [5.74, 6) is 1.88. The standard InChI is InChI=1S/C15H22N2/c1-11-8-13(11)10-17-15-6-7-16-9-12-4-2-3-5-14(12)15/h2-5,11,13,15-17H,6-10H2,1H3. The van der Waals surface area contributed by atoms with Gasteiger partial charge in [0.15, 0.2) is 0 Å². The number of rotatable bonds is 3. The van der Waals surface area contributed by atoms with Gasteiger partial charge in [-0.25, -0.2) is 0 Å². The summed E-state index contributed by atoms with van der Waals surface area (Å²) in [6, 6.07) is 9.40. The summed E-state index contributed by atoms with van der Waals surface area (Å²) >= 11 is 0. The Hall–Kier alpha value is -0.860. The van der Waals surface area contributed by atoms with Crippen LogP contribution in [0.2, 0.25) is 0 Å². The van der Waals surface area contributed by atoms with Crippen molar-refractivity contribution < 1.29 is 0 Å². The Bertz CT molecular complexity index is 388. The summed E-state index contributed by atoms with van der Waals surface area (Å²) < 4.78 is 0. The lowest BCUT2D eigenvalue weighted by atomic mass is 9.99. The van der Waals surface area contributed by atoms with Gasteiger partial charge in [-0.15, -0.1) is 0 Å². The van der Waals surface area contributed by atoms with Gasteiger partial charge in [0, 0.05) is 12.6 Å². The second kappa shape index (κ2) is 4.79. The van der Waals surface area contributed by atoms with Crippen molar-refractivity contribution in [3.63, 3.8) is 0 Å². The van der Waals surface area contributed by atoms with E-state index in [-0.39, 0.29) is 0 Å². The van der Waals surface area contributed by atoms with Crippen LogP contribution in [0.3, 0.4) is 0 Å². The van der Waals surface area contributed by atoms with E-state index in [1.807, 2.05) is 0 Å². The van der Waals surface area contributed by atoms with Crippen molar-refractivity contribution >= 4 is 0 Å². The number of benzene rings is 1. The molecule has 0 radical (unpaired) electrons. The van der Waals surface area contributed by atoms with Crippen molar-refractivity contribution in [3.05, 3.63) is 35.4 Å². The van der Waals surface area contributed by atoms with E-state index < -0.39 is 0 Å². The molecule has 3 rings (SSSR count). The quantitative estimate of drug-likeness (QED) is 0.833. The van der Waals surface area contributed by atoms with E-state index in [1.165, 1.54) is 30.5 Å². The predicted octanol–water partition coefficient (Wildman–Crippen LogP) is 2.47. The fraction of sp³-hybridized carbons (Fsp3) is 0.600. The molecule has 0 bridgehead atoms. The molecule has 1 saturated carbocycles. The van der Waals surface area contributed by atoms with Gasteiger partial charge in [-0.05, 0) is 48.9 Å². The molecule has 0 amide bonds. The molecule has 1 aliphatic carbocycles. The zero-order valence-electron chi connectivity index (χ0n) is 10.6. The lowest BCUT2D eigenvalue weighted by Gasteiger charge is -2.19. The molecule has 17 heavy (non-hydrogen) atoms. The van der Waals surface area contributed by atoms with Gasteiger partial charge in [0.2, 0.25) is 0 Å². The van der Waals surface area contributed by atoms with Gasteiger partial charge >= 0.3 is 0 Å². The van der Waals surface area contributed by atoms with Crippen LogP contribution in [-0.2, 0) is 6.54 Å². The molecule has 1 aliphatic heterocycles. The summed E-state index contributed by atoms with van der Waals surface area (Å²) in [7, 11) is 0. The number of nitrogens with one attached hydrogen (secondary N) is 2. The molecule has 92 valence electrons. The second-order valence-electron chi connectivity index (χ2n) is 5.60. The number of hydrogen-bond donors (Lipinski definition) is 2. The Morgan fingerprint density at radius 2 is 2.18 bits per heavy atom. The van der Waals surface area contributed by atoms with Gasteiger partial charge in [0.05, 0.1) is 0 Å². The van der Waals surface area contributed by atoms with Crippen molar-refractivity contribution in [2.45, 2.75) is 32.4 Å². The molecule has 2 heteroatoms. The monoisotopic (exact) mass is 230 g/mol. The van der Waals surface area contributed by atoms with E-state index in [9.17, 15) is 0 Å². The molecule has 1 aromatic carbocycles. The van der Waals surface area contributed by atoms with E-state index in [4.69, 9.17) is 0 Å². The van der Waals surface area contributed by atoms with E-state index in [2.05, 4.69) is 41.8 Å². The van der Waals surface area contributed by atoms with Gasteiger partial charge in [-0.2, -0.15) is 0 Å². The van der Waals surface area contributed by atoms with Crippen molar-refractivity contribution in [1.82, 2.24) is 10.6 Å². The molecule has 1 aromatic rings. The first-order chi connectivity index (χ1) is 8.34. The van der Waals surface area contributed by atoms with Gasteiger partial charge in [0.25, 0.3) is 0 Å². The lowest BCUT2D eigenvalue weighted by Crippen LogP contribution is -2.25. The average molecular weight is 230 g/mol. The molecule has 2 nitrogen and oxygen atoms in total. The highest BCUT2D eigenvalue weighted by Crippen LogP contribution is 2.37. The van der Waals surface area contributed by atoms with Crippen LogP contribution in [0.4, 0.5) is 0 Å². The molecule has 3 atom stereocenters. The van der Waals surface area contributed by atoms with Crippen LogP contribution in [0.5, 0.6) is 0 Å². The van der Waals surface area contributed by atoms with E-state index in [0.717, 1.165) is 24.9 Å². The second-order valence-corrected chi connectivity index (χ2v) is 5.60. The normalized spacial score (nSPS) is 31.7. The fourth-order valence-corrected chi connectivity index (χ4v) is 2.85. The first-order valence-corrected chi connectivity index (χ1v) is 6.86. The Balaban J connectivity index is 1.70. The minimum Gasteiger partial charge on any atom is -0.313 e. The molecule has 1 heterocycles. The molecule has 3 unspecified atom stereocenters. The largest absolute Gasteiger partial charge is 0.313 e. The van der Waals surface area contributed by atoms with Crippen molar-refractivity contribution in [2.75, 3.05) is 13.1 Å². The minimum absolute atomic E-state index is 0.550. The lowest BCUT2D eigenvalue weighted by molar-refractivity contribution is 0.476. The smallest absolute Gasteiger partial charge is 0.0335 e. The maximum Gasteiger partial charge on any atom is 0.0335 e. The highest BCUT2D eigenvalue weighted by atomic mass is 15.0. The molecule has 0 spiro atoms. The van der Waals surface area contributed by atoms with E-state index in [0.29, 0.717) is 6.04 Å². The van der Waals surface area contributed by atoms with Crippen molar-refractivity contribution in [2.24, 2.45) is 11.8 Å². The maximum absolute atomic E-state index is 3.77. The van der Waals surface area contributed by atoms with Crippen LogP contribution in [0.15, 0.2) is 24.3 Å². The summed E-state index contributed by atoms with van der Waals surface area (Å²) in [6.45, 7) is 5.69. The number of fused-ring (bicyclic) bond motifs is 1. The third-order valence-electron chi connectivity index (χ3n) is 4.26. The third-order valence-corrected chi connectivity index (χ3v) is 4.26. The summed E-state index contributed by atoms with van der Waals surface area (Å²) in [4.78, 5) is 0.